The normalized spacial score (nSPS) is 12.5. The summed E-state index contributed by atoms with van der Waals surface area (Å²) >= 11 is 0. The number of hydrogen-bond donors (Lipinski definition) is 1. The van der Waals surface area contributed by atoms with Gasteiger partial charge in [0.25, 0.3) is 5.69 Å². The van der Waals surface area contributed by atoms with E-state index in [1.165, 1.54) is 12.1 Å². The van der Waals surface area contributed by atoms with Gasteiger partial charge in [0.15, 0.2) is 0 Å². The Balaban J connectivity index is 2.02. The summed E-state index contributed by atoms with van der Waals surface area (Å²) in [6, 6.07) is 19.3. The molecule has 0 amide bonds. The van der Waals surface area contributed by atoms with E-state index in [2.05, 4.69) is 4.72 Å². The van der Waals surface area contributed by atoms with Gasteiger partial charge >= 0.3 is 0 Å². The van der Waals surface area contributed by atoms with Crippen molar-refractivity contribution in [3.63, 3.8) is 0 Å². The molecule has 3 aromatic rings. The van der Waals surface area contributed by atoms with Gasteiger partial charge in [-0.15, -0.1) is 0 Å². The second kappa shape index (κ2) is 7.92. The smallest absolute Gasteiger partial charge is 0.258 e. The maximum Gasteiger partial charge on any atom is 0.269 e. The van der Waals surface area contributed by atoms with Crippen LogP contribution in [0.25, 0.3) is 0 Å². The molecular weight excluding hydrogens is 376 g/mol. The molecule has 0 saturated carbocycles. The summed E-state index contributed by atoms with van der Waals surface area (Å²) in [5.41, 5.74) is 3.32. The molecule has 0 bridgehead atoms. The van der Waals surface area contributed by atoms with Gasteiger partial charge in [0, 0.05) is 12.1 Å². The third-order valence-corrected chi connectivity index (χ3v) is 5.89. The molecule has 1 unspecified atom stereocenters. The summed E-state index contributed by atoms with van der Waals surface area (Å²) in [5.74, 6) is 0. The predicted octanol–water partition coefficient (Wildman–Crippen LogP) is 4.28. The first-order valence-corrected chi connectivity index (χ1v) is 10.1. The maximum absolute atomic E-state index is 12.9. The number of benzene rings is 3. The van der Waals surface area contributed by atoms with Gasteiger partial charge in [-0.1, -0.05) is 59.7 Å². The van der Waals surface area contributed by atoms with Crippen molar-refractivity contribution >= 4 is 15.7 Å². The summed E-state index contributed by atoms with van der Waals surface area (Å²) in [7, 11) is -3.79. The SMILES string of the molecule is Cc1ccc(C(NS(=O)(=O)c2ccc(C)cc2)c2ccc([N+](=O)[O-])cc2)cc1. The van der Waals surface area contributed by atoms with Gasteiger partial charge in [0.1, 0.15) is 0 Å². The number of hydrogen-bond acceptors (Lipinski definition) is 4. The lowest BCUT2D eigenvalue weighted by Crippen LogP contribution is -2.29. The van der Waals surface area contributed by atoms with E-state index in [0.717, 1.165) is 16.7 Å². The fourth-order valence-corrected chi connectivity index (χ4v) is 4.03. The van der Waals surface area contributed by atoms with Gasteiger partial charge in [-0.05, 0) is 37.1 Å². The fourth-order valence-electron chi connectivity index (χ4n) is 2.82. The molecule has 0 fully saturated rings. The molecule has 0 heterocycles. The zero-order chi connectivity index (χ0) is 20.3. The zero-order valence-electron chi connectivity index (χ0n) is 15.5. The summed E-state index contributed by atoms with van der Waals surface area (Å²) in [4.78, 5) is 10.6. The van der Waals surface area contributed by atoms with E-state index >= 15 is 0 Å². The third kappa shape index (κ3) is 4.44. The van der Waals surface area contributed by atoms with E-state index in [1.807, 2.05) is 38.1 Å². The Labute approximate surface area is 164 Å². The monoisotopic (exact) mass is 396 g/mol. The second-order valence-electron chi connectivity index (χ2n) is 6.63. The van der Waals surface area contributed by atoms with E-state index < -0.39 is 21.0 Å². The molecule has 1 atom stereocenters. The summed E-state index contributed by atoms with van der Waals surface area (Å²) in [5, 5.41) is 10.9. The zero-order valence-corrected chi connectivity index (χ0v) is 16.3. The highest BCUT2D eigenvalue weighted by atomic mass is 32.2. The van der Waals surface area contributed by atoms with E-state index in [4.69, 9.17) is 0 Å². The Bertz CT molecular complexity index is 1070. The summed E-state index contributed by atoms with van der Waals surface area (Å²) in [6.45, 7) is 3.83. The lowest BCUT2D eigenvalue weighted by Gasteiger charge is -2.20. The molecule has 144 valence electrons. The van der Waals surface area contributed by atoms with Crippen LogP contribution in [0.3, 0.4) is 0 Å². The number of nitro groups is 1. The van der Waals surface area contributed by atoms with Crippen LogP contribution in [0.1, 0.15) is 28.3 Å². The van der Waals surface area contributed by atoms with Crippen LogP contribution >= 0.6 is 0 Å². The lowest BCUT2D eigenvalue weighted by molar-refractivity contribution is -0.384. The largest absolute Gasteiger partial charge is 0.269 e. The van der Waals surface area contributed by atoms with E-state index in [-0.39, 0.29) is 10.6 Å². The number of rotatable bonds is 6. The Hall–Kier alpha value is -3.03. The first-order valence-electron chi connectivity index (χ1n) is 8.66. The average molecular weight is 396 g/mol. The minimum Gasteiger partial charge on any atom is -0.258 e. The first kappa shape index (κ1) is 19.7. The van der Waals surface area contributed by atoms with Crippen molar-refractivity contribution in [2.75, 3.05) is 0 Å². The minimum atomic E-state index is -3.79. The molecule has 0 radical (unpaired) electrons. The highest BCUT2D eigenvalue weighted by Gasteiger charge is 2.23. The molecule has 1 N–H and O–H groups in total. The summed E-state index contributed by atoms with van der Waals surface area (Å²) < 4.78 is 28.6. The van der Waals surface area contributed by atoms with E-state index in [9.17, 15) is 18.5 Å². The Morgan fingerprint density at radius 2 is 1.21 bits per heavy atom. The highest BCUT2D eigenvalue weighted by molar-refractivity contribution is 7.89. The van der Waals surface area contributed by atoms with Crippen LogP contribution in [0.2, 0.25) is 0 Å². The van der Waals surface area contributed by atoms with Crippen molar-refractivity contribution in [1.29, 1.82) is 0 Å². The third-order valence-electron chi connectivity index (χ3n) is 4.45. The van der Waals surface area contributed by atoms with Crippen LogP contribution in [0.15, 0.2) is 77.7 Å². The van der Waals surface area contributed by atoms with Gasteiger partial charge in [0.2, 0.25) is 10.0 Å². The van der Waals surface area contributed by atoms with Crippen molar-refractivity contribution in [2.45, 2.75) is 24.8 Å². The molecule has 7 heteroatoms. The molecule has 0 aliphatic carbocycles. The standard InChI is InChI=1S/C21H20N2O4S/c1-15-3-7-17(8-4-15)21(18-9-11-19(12-10-18)23(24)25)22-28(26,27)20-13-5-16(2)6-14-20/h3-14,21-22H,1-2H3. The van der Waals surface area contributed by atoms with Crippen molar-refractivity contribution < 1.29 is 13.3 Å². The predicted molar refractivity (Wildman–Crippen MR) is 108 cm³/mol. The Morgan fingerprint density at radius 1 is 0.786 bits per heavy atom. The summed E-state index contributed by atoms with van der Waals surface area (Å²) in [6.07, 6.45) is 0. The van der Waals surface area contributed by atoms with Crippen LogP contribution < -0.4 is 4.72 Å². The Kier molecular flexibility index (Phi) is 5.58. The van der Waals surface area contributed by atoms with E-state index in [1.54, 1.807) is 36.4 Å². The fraction of sp³-hybridized carbons (Fsp3) is 0.143. The molecule has 3 aromatic carbocycles. The molecule has 0 aromatic heterocycles. The van der Waals surface area contributed by atoms with Gasteiger partial charge in [-0.3, -0.25) is 10.1 Å². The van der Waals surface area contributed by atoms with Crippen molar-refractivity contribution in [2.24, 2.45) is 0 Å². The molecule has 0 aliphatic heterocycles. The molecular formula is C21H20N2O4S. The second-order valence-corrected chi connectivity index (χ2v) is 8.34. The molecule has 0 spiro atoms. The Morgan fingerprint density at radius 3 is 1.68 bits per heavy atom. The highest BCUT2D eigenvalue weighted by Crippen LogP contribution is 2.27. The van der Waals surface area contributed by atoms with Crippen molar-refractivity contribution in [1.82, 2.24) is 4.72 Å². The van der Waals surface area contributed by atoms with Gasteiger partial charge < -0.3 is 0 Å². The number of aryl methyl sites for hydroxylation is 2. The first-order chi connectivity index (χ1) is 13.3. The van der Waals surface area contributed by atoms with Crippen molar-refractivity contribution in [3.8, 4) is 0 Å². The van der Waals surface area contributed by atoms with Gasteiger partial charge in [-0.2, -0.15) is 4.72 Å². The lowest BCUT2D eigenvalue weighted by atomic mass is 9.98. The number of nitrogens with one attached hydrogen (secondary N) is 1. The number of non-ortho nitro benzene ring substituents is 1. The number of nitro benzene ring substituents is 1. The van der Waals surface area contributed by atoms with Crippen LogP contribution in [0, 0.1) is 24.0 Å². The molecule has 0 saturated heterocycles. The topological polar surface area (TPSA) is 89.3 Å². The maximum atomic E-state index is 12.9. The average Bonchev–Trinajstić information content (AvgIpc) is 2.67. The van der Waals surface area contributed by atoms with Crippen LogP contribution in [-0.4, -0.2) is 13.3 Å². The van der Waals surface area contributed by atoms with Gasteiger partial charge in [-0.25, -0.2) is 8.42 Å². The number of nitrogens with zero attached hydrogens (tertiary/aromatic N) is 1. The molecule has 28 heavy (non-hydrogen) atoms. The van der Waals surface area contributed by atoms with Crippen LogP contribution in [-0.2, 0) is 10.0 Å². The van der Waals surface area contributed by atoms with Crippen LogP contribution in [0.5, 0.6) is 0 Å². The van der Waals surface area contributed by atoms with Crippen molar-refractivity contribution in [3.05, 3.63) is 105 Å². The number of sulfonamides is 1. The molecule has 6 nitrogen and oxygen atoms in total. The quantitative estimate of drug-likeness (QED) is 0.497. The van der Waals surface area contributed by atoms with Gasteiger partial charge in [0.05, 0.1) is 15.9 Å². The molecule has 0 aliphatic rings. The van der Waals surface area contributed by atoms with Crippen LogP contribution in [0.4, 0.5) is 5.69 Å². The minimum absolute atomic E-state index is 0.0483. The molecule has 3 rings (SSSR count). The van der Waals surface area contributed by atoms with E-state index in [0.29, 0.717) is 5.56 Å².